The minimum atomic E-state index is -0.951. The maximum atomic E-state index is 12.2. The molecule has 0 spiro atoms. The Hall–Kier alpha value is -4.17. The van der Waals surface area contributed by atoms with Crippen LogP contribution in [0.3, 0.4) is 0 Å². The Morgan fingerprint density at radius 3 is 2.41 bits per heavy atom. The van der Waals surface area contributed by atoms with Gasteiger partial charge in [0.15, 0.2) is 6.61 Å². The third-order valence-electron chi connectivity index (χ3n) is 4.61. The van der Waals surface area contributed by atoms with Gasteiger partial charge in [0.2, 0.25) is 0 Å². The number of para-hydroxylation sites is 2. The molecule has 0 aromatic heterocycles. The zero-order valence-electron chi connectivity index (χ0n) is 18.4. The SMILES string of the molecule is CCc1ccccc1NC(=O)COc1cccc(/C=N\NC(=O)C(=O)Nc2ccccc2Cl)c1. The number of aryl methyl sites for hydroxylation is 1. The van der Waals surface area contributed by atoms with Crippen molar-refractivity contribution in [3.8, 4) is 5.75 Å². The van der Waals surface area contributed by atoms with Crippen molar-refractivity contribution >= 4 is 46.9 Å². The number of nitrogens with one attached hydrogen (secondary N) is 3. The monoisotopic (exact) mass is 478 g/mol. The molecule has 0 aliphatic heterocycles. The summed E-state index contributed by atoms with van der Waals surface area (Å²) in [6.45, 7) is 1.85. The van der Waals surface area contributed by atoms with Crippen LogP contribution in [-0.4, -0.2) is 30.5 Å². The number of carbonyl (C=O) groups excluding carboxylic acids is 3. The Morgan fingerprint density at radius 1 is 0.912 bits per heavy atom. The first-order chi connectivity index (χ1) is 16.5. The molecule has 0 aliphatic rings. The number of carbonyl (C=O) groups is 3. The molecule has 3 aromatic carbocycles. The Balaban J connectivity index is 1.50. The van der Waals surface area contributed by atoms with E-state index in [9.17, 15) is 14.4 Å². The maximum Gasteiger partial charge on any atom is 0.329 e. The molecule has 0 unspecified atom stereocenters. The fourth-order valence-electron chi connectivity index (χ4n) is 2.93. The van der Waals surface area contributed by atoms with E-state index in [0.29, 0.717) is 22.0 Å². The van der Waals surface area contributed by atoms with E-state index < -0.39 is 11.8 Å². The molecule has 174 valence electrons. The highest BCUT2D eigenvalue weighted by atomic mass is 35.5. The highest BCUT2D eigenvalue weighted by Crippen LogP contribution is 2.20. The summed E-state index contributed by atoms with van der Waals surface area (Å²) in [5.41, 5.74) is 4.86. The fourth-order valence-corrected chi connectivity index (χ4v) is 3.11. The van der Waals surface area contributed by atoms with Gasteiger partial charge in [-0.3, -0.25) is 14.4 Å². The highest BCUT2D eigenvalue weighted by molar-refractivity contribution is 6.41. The third-order valence-corrected chi connectivity index (χ3v) is 4.94. The number of ether oxygens (including phenoxy) is 1. The van der Waals surface area contributed by atoms with Crippen LogP contribution in [0.4, 0.5) is 11.4 Å². The van der Waals surface area contributed by atoms with Gasteiger partial charge in [-0.05, 0) is 47.9 Å². The van der Waals surface area contributed by atoms with E-state index in [1.54, 1.807) is 48.5 Å². The maximum absolute atomic E-state index is 12.2. The van der Waals surface area contributed by atoms with Crippen LogP contribution in [-0.2, 0) is 20.8 Å². The van der Waals surface area contributed by atoms with Crippen molar-refractivity contribution in [2.24, 2.45) is 5.10 Å². The van der Waals surface area contributed by atoms with E-state index in [1.165, 1.54) is 6.21 Å². The summed E-state index contributed by atoms with van der Waals surface area (Å²) in [4.78, 5) is 36.2. The summed E-state index contributed by atoms with van der Waals surface area (Å²) in [5.74, 6) is -1.69. The number of rotatable bonds is 8. The lowest BCUT2D eigenvalue weighted by Crippen LogP contribution is -2.32. The molecular formula is C25H23ClN4O4. The molecular weight excluding hydrogens is 456 g/mol. The van der Waals surface area contributed by atoms with Crippen LogP contribution < -0.4 is 20.8 Å². The van der Waals surface area contributed by atoms with Gasteiger partial charge in [0.25, 0.3) is 5.91 Å². The number of amides is 3. The number of nitrogens with zero attached hydrogens (tertiary/aromatic N) is 1. The van der Waals surface area contributed by atoms with Gasteiger partial charge < -0.3 is 15.4 Å². The van der Waals surface area contributed by atoms with E-state index in [4.69, 9.17) is 16.3 Å². The molecule has 34 heavy (non-hydrogen) atoms. The van der Waals surface area contributed by atoms with E-state index in [1.807, 2.05) is 31.2 Å². The van der Waals surface area contributed by atoms with E-state index in [0.717, 1.165) is 17.7 Å². The van der Waals surface area contributed by atoms with Crippen LogP contribution in [0.15, 0.2) is 77.9 Å². The minimum absolute atomic E-state index is 0.169. The highest BCUT2D eigenvalue weighted by Gasteiger charge is 2.14. The van der Waals surface area contributed by atoms with Gasteiger partial charge in [-0.15, -0.1) is 0 Å². The summed E-state index contributed by atoms with van der Waals surface area (Å²) in [5, 5.41) is 9.34. The first-order valence-corrected chi connectivity index (χ1v) is 10.8. The topological polar surface area (TPSA) is 109 Å². The summed E-state index contributed by atoms with van der Waals surface area (Å²) in [6.07, 6.45) is 2.15. The molecule has 9 heteroatoms. The van der Waals surface area contributed by atoms with Gasteiger partial charge in [0, 0.05) is 5.69 Å². The van der Waals surface area contributed by atoms with Crippen molar-refractivity contribution in [2.75, 3.05) is 17.2 Å². The molecule has 3 rings (SSSR count). The lowest BCUT2D eigenvalue weighted by molar-refractivity contribution is -0.136. The van der Waals surface area contributed by atoms with Gasteiger partial charge in [0.1, 0.15) is 5.75 Å². The molecule has 0 bridgehead atoms. The zero-order valence-corrected chi connectivity index (χ0v) is 19.1. The van der Waals surface area contributed by atoms with Crippen LogP contribution in [0.1, 0.15) is 18.1 Å². The van der Waals surface area contributed by atoms with E-state index in [2.05, 4.69) is 21.2 Å². The predicted molar refractivity (Wildman–Crippen MR) is 132 cm³/mol. The number of hydrogen-bond acceptors (Lipinski definition) is 5. The second-order valence-corrected chi connectivity index (χ2v) is 7.46. The van der Waals surface area contributed by atoms with Crippen LogP contribution in [0.25, 0.3) is 0 Å². The van der Waals surface area contributed by atoms with Crippen LogP contribution in [0.5, 0.6) is 5.75 Å². The number of anilines is 2. The molecule has 0 radical (unpaired) electrons. The molecule has 8 nitrogen and oxygen atoms in total. The molecule has 0 heterocycles. The quantitative estimate of drug-likeness (QED) is 0.258. The summed E-state index contributed by atoms with van der Waals surface area (Å²) in [7, 11) is 0. The van der Waals surface area contributed by atoms with Gasteiger partial charge in [-0.2, -0.15) is 5.10 Å². The smallest absolute Gasteiger partial charge is 0.329 e. The largest absolute Gasteiger partial charge is 0.484 e. The summed E-state index contributed by atoms with van der Waals surface area (Å²) in [6, 6.07) is 20.9. The molecule has 0 atom stereocenters. The zero-order chi connectivity index (χ0) is 24.3. The molecule has 0 aliphatic carbocycles. The molecule has 0 saturated carbocycles. The lowest BCUT2D eigenvalue weighted by atomic mass is 10.1. The number of benzene rings is 3. The fraction of sp³-hybridized carbons (Fsp3) is 0.120. The van der Waals surface area contributed by atoms with Crippen LogP contribution in [0.2, 0.25) is 5.02 Å². The van der Waals surface area contributed by atoms with Gasteiger partial charge in [-0.25, -0.2) is 5.43 Å². The standard InChI is InChI=1S/C25H23ClN4O4/c1-2-18-9-3-5-12-21(18)28-23(31)16-34-19-10-7-8-17(14-19)15-27-30-25(33)24(32)29-22-13-6-4-11-20(22)26/h3-15H,2,16H2,1H3,(H,28,31)(H,29,32)(H,30,33)/b27-15-. The average Bonchev–Trinajstić information content (AvgIpc) is 2.84. The van der Waals surface area contributed by atoms with Crippen LogP contribution >= 0.6 is 11.6 Å². The summed E-state index contributed by atoms with van der Waals surface area (Å²) >= 11 is 5.96. The molecule has 3 amide bonds. The first kappa shape index (κ1) is 24.5. The Morgan fingerprint density at radius 2 is 1.65 bits per heavy atom. The van der Waals surface area contributed by atoms with Crippen molar-refractivity contribution in [1.29, 1.82) is 0 Å². The van der Waals surface area contributed by atoms with Crippen molar-refractivity contribution in [1.82, 2.24) is 5.43 Å². The lowest BCUT2D eigenvalue weighted by Gasteiger charge is -2.10. The molecule has 0 fully saturated rings. The second-order valence-electron chi connectivity index (χ2n) is 7.05. The summed E-state index contributed by atoms with van der Waals surface area (Å²) < 4.78 is 5.56. The Bertz CT molecular complexity index is 1210. The van der Waals surface area contributed by atoms with Gasteiger partial charge in [0.05, 0.1) is 16.9 Å². The van der Waals surface area contributed by atoms with Crippen molar-refractivity contribution in [3.63, 3.8) is 0 Å². The molecule has 3 aromatic rings. The van der Waals surface area contributed by atoms with Crippen molar-refractivity contribution in [3.05, 3.63) is 88.9 Å². The Labute approximate surface area is 202 Å². The van der Waals surface area contributed by atoms with Gasteiger partial charge in [-0.1, -0.05) is 61.0 Å². The number of halogens is 1. The Kier molecular flexibility index (Phi) is 8.76. The normalized spacial score (nSPS) is 10.5. The van der Waals surface area contributed by atoms with Crippen LogP contribution in [0, 0.1) is 0 Å². The van der Waals surface area contributed by atoms with E-state index in [-0.39, 0.29) is 12.5 Å². The van der Waals surface area contributed by atoms with Crippen molar-refractivity contribution < 1.29 is 19.1 Å². The molecule has 3 N–H and O–H groups in total. The minimum Gasteiger partial charge on any atom is -0.484 e. The number of hydrazone groups is 1. The first-order valence-electron chi connectivity index (χ1n) is 10.5. The van der Waals surface area contributed by atoms with E-state index >= 15 is 0 Å². The van der Waals surface area contributed by atoms with Crippen molar-refractivity contribution in [2.45, 2.75) is 13.3 Å². The number of hydrogen-bond donors (Lipinski definition) is 3. The second kappa shape index (κ2) is 12.2. The molecule has 0 saturated heterocycles. The average molecular weight is 479 g/mol. The third kappa shape index (κ3) is 7.18. The van der Waals surface area contributed by atoms with Gasteiger partial charge >= 0.3 is 11.8 Å². The predicted octanol–water partition coefficient (Wildman–Crippen LogP) is 4.01.